The second-order valence-electron chi connectivity index (χ2n) is 3.91. The molecule has 0 unspecified atom stereocenters. The SMILES string of the molecule is CCN(CCOC)C(=O)Nc1cccc(CN)c1. The third-order valence-corrected chi connectivity index (χ3v) is 2.65. The van der Waals surface area contributed by atoms with Crippen molar-refractivity contribution >= 4 is 11.7 Å². The maximum Gasteiger partial charge on any atom is 0.321 e. The zero-order valence-corrected chi connectivity index (χ0v) is 11.0. The summed E-state index contributed by atoms with van der Waals surface area (Å²) in [4.78, 5) is 13.7. The normalized spacial score (nSPS) is 10.2. The van der Waals surface area contributed by atoms with Gasteiger partial charge in [-0.2, -0.15) is 0 Å². The molecule has 18 heavy (non-hydrogen) atoms. The fourth-order valence-corrected chi connectivity index (χ4v) is 1.58. The molecule has 0 saturated heterocycles. The van der Waals surface area contributed by atoms with Crippen LogP contribution in [0, 0.1) is 0 Å². The van der Waals surface area contributed by atoms with Gasteiger partial charge in [0, 0.05) is 32.4 Å². The number of ether oxygens (including phenoxy) is 1. The maximum absolute atomic E-state index is 12.0. The van der Waals surface area contributed by atoms with E-state index in [0.29, 0.717) is 26.2 Å². The molecule has 1 aromatic rings. The number of nitrogens with zero attached hydrogens (tertiary/aromatic N) is 1. The zero-order valence-electron chi connectivity index (χ0n) is 11.0. The molecule has 0 spiro atoms. The number of anilines is 1. The lowest BCUT2D eigenvalue weighted by molar-refractivity contribution is 0.157. The minimum Gasteiger partial charge on any atom is -0.383 e. The lowest BCUT2D eigenvalue weighted by atomic mass is 10.2. The summed E-state index contributed by atoms with van der Waals surface area (Å²) in [5, 5.41) is 2.85. The van der Waals surface area contributed by atoms with Gasteiger partial charge >= 0.3 is 6.03 Å². The molecular formula is C13H21N3O2. The Morgan fingerprint density at radius 3 is 2.89 bits per heavy atom. The number of carbonyl (C=O) groups excluding carboxylic acids is 1. The van der Waals surface area contributed by atoms with Gasteiger partial charge < -0.3 is 20.7 Å². The minimum atomic E-state index is -0.122. The summed E-state index contributed by atoms with van der Waals surface area (Å²) in [7, 11) is 1.62. The predicted molar refractivity (Wildman–Crippen MR) is 72.5 cm³/mol. The highest BCUT2D eigenvalue weighted by Crippen LogP contribution is 2.10. The summed E-state index contributed by atoms with van der Waals surface area (Å²) in [6.07, 6.45) is 0. The van der Waals surface area contributed by atoms with Crippen molar-refractivity contribution in [1.29, 1.82) is 0 Å². The van der Waals surface area contributed by atoms with Gasteiger partial charge in [0.2, 0.25) is 0 Å². The molecule has 0 bridgehead atoms. The third-order valence-electron chi connectivity index (χ3n) is 2.65. The fraction of sp³-hybridized carbons (Fsp3) is 0.462. The summed E-state index contributed by atoms with van der Waals surface area (Å²) in [5.74, 6) is 0. The van der Waals surface area contributed by atoms with Crippen LogP contribution >= 0.6 is 0 Å². The van der Waals surface area contributed by atoms with Gasteiger partial charge in [-0.3, -0.25) is 0 Å². The van der Waals surface area contributed by atoms with Crippen LogP contribution in [-0.4, -0.2) is 37.7 Å². The van der Waals surface area contributed by atoms with Crippen molar-refractivity contribution < 1.29 is 9.53 Å². The molecule has 0 atom stereocenters. The number of hydrogen-bond acceptors (Lipinski definition) is 3. The zero-order chi connectivity index (χ0) is 13.4. The molecule has 0 aromatic heterocycles. The highest BCUT2D eigenvalue weighted by molar-refractivity contribution is 5.89. The van der Waals surface area contributed by atoms with Crippen LogP contribution < -0.4 is 11.1 Å². The van der Waals surface area contributed by atoms with Crippen LogP contribution in [0.15, 0.2) is 24.3 Å². The van der Waals surface area contributed by atoms with Gasteiger partial charge in [0.05, 0.1) is 6.61 Å². The molecule has 0 saturated carbocycles. The number of amides is 2. The predicted octanol–water partition coefficient (Wildman–Crippen LogP) is 1.65. The van der Waals surface area contributed by atoms with Crippen LogP contribution in [0.5, 0.6) is 0 Å². The first-order chi connectivity index (χ1) is 8.71. The standard InChI is InChI=1S/C13H21N3O2/c1-3-16(7-8-18-2)13(17)15-12-6-4-5-11(9-12)10-14/h4-6,9H,3,7-8,10,14H2,1-2H3,(H,15,17). The molecule has 0 aliphatic rings. The quantitative estimate of drug-likeness (QED) is 0.807. The van der Waals surface area contributed by atoms with Gasteiger partial charge in [-0.05, 0) is 24.6 Å². The largest absolute Gasteiger partial charge is 0.383 e. The number of nitrogens with two attached hydrogens (primary N) is 1. The maximum atomic E-state index is 12.0. The smallest absolute Gasteiger partial charge is 0.321 e. The average molecular weight is 251 g/mol. The molecule has 0 radical (unpaired) electrons. The van der Waals surface area contributed by atoms with E-state index in [0.717, 1.165) is 11.3 Å². The Morgan fingerprint density at radius 2 is 2.28 bits per heavy atom. The van der Waals surface area contributed by atoms with E-state index in [1.807, 2.05) is 31.2 Å². The van der Waals surface area contributed by atoms with E-state index in [-0.39, 0.29) is 6.03 Å². The van der Waals surface area contributed by atoms with Crippen LogP contribution in [0.2, 0.25) is 0 Å². The van der Waals surface area contributed by atoms with E-state index >= 15 is 0 Å². The van der Waals surface area contributed by atoms with E-state index in [1.54, 1.807) is 12.0 Å². The molecule has 100 valence electrons. The summed E-state index contributed by atoms with van der Waals surface area (Å²) in [5.41, 5.74) is 7.32. The number of rotatable bonds is 6. The molecule has 5 nitrogen and oxygen atoms in total. The summed E-state index contributed by atoms with van der Waals surface area (Å²) in [6, 6.07) is 7.41. The van der Waals surface area contributed by atoms with E-state index < -0.39 is 0 Å². The van der Waals surface area contributed by atoms with Gasteiger partial charge in [-0.1, -0.05) is 12.1 Å². The molecule has 0 aliphatic heterocycles. The molecule has 3 N–H and O–H groups in total. The van der Waals surface area contributed by atoms with E-state index in [2.05, 4.69) is 5.32 Å². The molecule has 1 rings (SSSR count). The topological polar surface area (TPSA) is 67.6 Å². The summed E-state index contributed by atoms with van der Waals surface area (Å²) in [6.45, 7) is 4.15. The molecule has 2 amide bonds. The number of carbonyl (C=O) groups is 1. The molecule has 1 aromatic carbocycles. The Hall–Kier alpha value is -1.59. The third kappa shape index (κ3) is 4.35. The van der Waals surface area contributed by atoms with Crippen LogP contribution in [0.3, 0.4) is 0 Å². The Bertz CT molecular complexity index is 382. The first kappa shape index (κ1) is 14.5. The number of likely N-dealkylation sites (N-methyl/N-ethyl adjacent to an activating group) is 1. The monoisotopic (exact) mass is 251 g/mol. The van der Waals surface area contributed by atoms with Crippen LogP contribution in [0.25, 0.3) is 0 Å². The lowest BCUT2D eigenvalue weighted by Gasteiger charge is -2.21. The molecule has 5 heteroatoms. The van der Waals surface area contributed by atoms with Crippen molar-refractivity contribution in [2.24, 2.45) is 5.73 Å². The van der Waals surface area contributed by atoms with Gasteiger partial charge in [-0.25, -0.2) is 4.79 Å². The fourth-order valence-electron chi connectivity index (χ4n) is 1.58. The lowest BCUT2D eigenvalue weighted by Crippen LogP contribution is -2.37. The average Bonchev–Trinajstić information content (AvgIpc) is 2.40. The number of methoxy groups -OCH3 is 1. The van der Waals surface area contributed by atoms with Crippen molar-refractivity contribution in [3.63, 3.8) is 0 Å². The van der Waals surface area contributed by atoms with Crippen molar-refractivity contribution in [3.05, 3.63) is 29.8 Å². The number of benzene rings is 1. The first-order valence-electron chi connectivity index (χ1n) is 6.05. The summed E-state index contributed by atoms with van der Waals surface area (Å²) < 4.78 is 4.97. The Kier molecular flexibility index (Phi) is 6.18. The van der Waals surface area contributed by atoms with Crippen molar-refractivity contribution in [2.45, 2.75) is 13.5 Å². The van der Waals surface area contributed by atoms with Gasteiger partial charge in [0.1, 0.15) is 0 Å². The second-order valence-corrected chi connectivity index (χ2v) is 3.91. The van der Waals surface area contributed by atoms with Gasteiger partial charge in [0.15, 0.2) is 0 Å². The summed E-state index contributed by atoms with van der Waals surface area (Å²) >= 11 is 0. The van der Waals surface area contributed by atoms with Crippen molar-refractivity contribution in [3.8, 4) is 0 Å². The second kappa shape index (κ2) is 7.68. The minimum absolute atomic E-state index is 0.122. The Balaban J connectivity index is 2.61. The molecule has 0 heterocycles. The number of hydrogen-bond donors (Lipinski definition) is 2. The Morgan fingerprint density at radius 1 is 1.50 bits per heavy atom. The van der Waals surface area contributed by atoms with E-state index in [4.69, 9.17) is 10.5 Å². The van der Waals surface area contributed by atoms with Gasteiger partial charge in [-0.15, -0.1) is 0 Å². The van der Waals surface area contributed by atoms with Crippen molar-refractivity contribution in [2.75, 3.05) is 32.1 Å². The van der Waals surface area contributed by atoms with E-state index in [9.17, 15) is 4.79 Å². The highest BCUT2D eigenvalue weighted by atomic mass is 16.5. The van der Waals surface area contributed by atoms with Crippen LogP contribution in [0.1, 0.15) is 12.5 Å². The number of urea groups is 1. The highest BCUT2D eigenvalue weighted by Gasteiger charge is 2.11. The Labute approximate surface area is 108 Å². The van der Waals surface area contributed by atoms with Crippen LogP contribution in [-0.2, 0) is 11.3 Å². The van der Waals surface area contributed by atoms with Crippen LogP contribution in [0.4, 0.5) is 10.5 Å². The first-order valence-corrected chi connectivity index (χ1v) is 6.05. The van der Waals surface area contributed by atoms with E-state index in [1.165, 1.54) is 0 Å². The molecule has 0 aliphatic carbocycles. The molecular weight excluding hydrogens is 230 g/mol. The van der Waals surface area contributed by atoms with Gasteiger partial charge in [0.25, 0.3) is 0 Å². The number of nitrogens with one attached hydrogen (secondary N) is 1. The molecule has 0 fully saturated rings. The van der Waals surface area contributed by atoms with Crippen molar-refractivity contribution in [1.82, 2.24) is 4.90 Å².